The Bertz CT molecular complexity index is 403. The van der Waals surface area contributed by atoms with E-state index in [0.717, 1.165) is 25.9 Å². The Morgan fingerprint density at radius 1 is 1.12 bits per heavy atom. The molecular formula is C12H18N2O3. The topological polar surface area (TPSA) is 98.7 Å². The SMILES string of the molecule is N[C@@H](c1ccc(O)c(O)c1O)C1CCNCC1. The summed E-state index contributed by atoms with van der Waals surface area (Å²) in [7, 11) is 0. The number of benzene rings is 1. The van der Waals surface area contributed by atoms with Gasteiger partial charge in [-0.15, -0.1) is 0 Å². The second kappa shape index (κ2) is 4.81. The number of rotatable bonds is 2. The molecule has 1 saturated heterocycles. The van der Waals surface area contributed by atoms with Crippen molar-refractivity contribution in [1.82, 2.24) is 5.32 Å². The van der Waals surface area contributed by atoms with Crippen LogP contribution in [0.3, 0.4) is 0 Å². The summed E-state index contributed by atoms with van der Waals surface area (Å²) in [6, 6.07) is 2.60. The molecule has 1 fully saturated rings. The molecule has 0 aromatic heterocycles. The third kappa shape index (κ3) is 2.30. The quantitative estimate of drug-likeness (QED) is 0.491. The van der Waals surface area contributed by atoms with E-state index in [9.17, 15) is 15.3 Å². The van der Waals surface area contributed by atoms with E-state index in [1.165, 1.54) is 6.07 Å². The second-order valence-electron chi connectivity index (χ2n) is 4.48. The molecule has 1 aromatic carbocycles. The molecule has 0 amide bonds. The summed E-state index contributed by atoms with van der Waals surface area (Å²) >= 11 is 0. The molecule has 0 aliphatic carbocycles. The molecule has 0 spiro atoms. The van der Waals surface area contributed by atoms with Gasteiger partial charge in [0.1, 0.15) is 0 Å². The number of nitrogens with two attached hydrogens (primary N) is 1. The zero-order valence-corrected chi connectivity index (χ0v) is 9.56. The Kier molecular flexibility index (Phi) is 3.40. The van der Waals surface area contributed by atoms with Crippen LogP contribution in [-0.2, 0) is 0 Å². The van der Waals surface area contributed by atoms with Crippen LogP contribution in [0.5, 0.6) is 17.2 Å². The van der Waals surface area contributed by atoms with E-state index in [2.05, 4.69) is 5.32 Å². The molecule has 1 atom stereocenters. The highest BCUT2D eigenvalue weighted by Crippen LogP contribution is 2.41. The molecule has 1 heterocycles. The minimum atomic E-state index is -0.494. The maximum absolute atomic E-state index is 9.77. The van der Waals surface area contributed by atoms with Gasteiger partial charge in [-0.05, 0) is 44.0 Å². The Morgan fingerprint density at radius 2 is 1.76 bits per heavy atom. The van der Waals surface area contributed by atoms with Gasteiger partial charge in [0.05, 0.1) is 0 Å². The van der Waals surface area contributed by atoms with Crippen molar-refractivity contribution < 1.29 is 15.3 Å². The summed E-state index contributed by atoms with van der Waals surface area (Å²) in [5.74, 6) is -0.849. The summed E-state index contributed by atoms with van der Waals surface area (Å²) in [5, 5.41) is 31.7. The first-order valence-electron chi connectivity index (χ1n) is 5.81. The first-order valence-corrected chi connectivity index (χ1v) is 5.81. The minimum absolute atomic E-state index is 0.283. The van der Waals surface area contributed by atoms with Gasteiger partial charge >= 0.3 is 0 Å². The van der Waals surface area contributed by atoms with Crippen LogP contribution in [0.2, 0.25) is 0 Å². The molecule has 1 aliphatic heterocycles. The Hall–Kier alpha value is -1.46. The molecule has 1 aromatic rings. The van der Waals surface area contributed by atoms with Gasteiger partial charge in [0.15, 0.2) is 11.5 Å². The first-order chi connectivity index (χ1) is 8.11. The Labute approximate surface area is 99.9 Å². The molecular weight excluding hydrogens is 220 g/mol. The lowest BCUT2D eigenvalue weighted by Gasteiger charge is -2.28. The van der Waals surface area contributed by atoms with Crippen molar-refractivity contribution in [2.24, 2.45) is 11.7 Å². The van der Waals surface area contributed by atoms with Gasteiger partial charge in [0.2, 0.25) is 5.75 Å². The largest absolute Gasteiger partial charge is 0.504 e. The zero-order valence-electron chi connectivity index (χ0n) is 9.56. The van der Waals surface area contributed by atoms with E-state index in [1.54, 1.807) is 6.07 Å². The number of hydrogen-bond acceptors (Lipinski definition) is 5. The number of hydrogen-bond donors (Lipinski definition) is 5. The molecule has 0 saturated carbocycles. The monoisotopic (exact) mass is 238 g/mol. The lowest BCUT2D eigenvalue weighted by atomic mass is 9.86. The normalized spacial score (nSPS) is 19.1. The van der Waals surface area contributed by atoms with Crippen LogP contribution in [0, 0.1) is 5.92 Å². The molecule has 2 rings (SSSR count). The fraction of sp³-hybridized carbons (Fsp3) is 0.500. The van der Waals surface area contributed by atoms with Crippen LogP contribution in [-0.4, -0.2) is 28.4 Å². The third-order valence-corrected chi connectivity index (χ3v) is 3.41. The van der Waals surface area contributed by atoms with Gasteiger partial charge in [-0.25, -0.2) is 0 Å². The summed E-state index contributed by atoms with van der Waals surface area (Å²) in [6.45, 7) is 1.84. The summed E-state index contributed by atoms with van der Waals surface area (Å²) < 4.78 is 0. The van der Waals surface area contributed by atoms with Crippen LogP contribution in [0.15, 0.2) is 12.1 Å². The number of piperidine rings is 1. The van der Waals surface area contributed by atoms with Crippen LogP contribution < -0.4 is 11.1 Å². The molecule has 5 nitrogen and oxygen atoms in total. The summed E-state index contributed by atoms with van der Waals surface area (Å²) in [6.07, 6.45) is 1.89. The van der Waals surface area contributed by atoms with Crippen molar-refractivity contribution in [3.63, 3.8) is 0 Å². The second-order valence-corrected chi connectivity index (χ2v) is 4.48. The highest BCUT2D eigenvalue weighted by atomic mass is 16.3. The van der Waals surface area contributed by atoms with E-state index in [-0.39, 0.29) is 23.5 Å². The molecule has 0 radical (unpaired) electrons. The predicted octanol–water partition coefficient (Wildman–Crippen LogP) is 0.803. The van der Waals surface area contributed by atoms with E-state index >= 15 is 0 Å². The Morgan fingerprint density at radius 3 is 2.41 bits per heavy atom. The fourth-order valence-electron chi connectivity index (χ4n) is 2.31. The van der Waals surface area contributed by atoms with Crippen molar-refractivity contribution in [2.75, 3.05) is 13.1 Å². The van der Waals surface area contributed by atoms with Crippen LogP contribution in [0.25, 0.3) is 0 Å². The first kappa shape index (κ1) is 12.0. The maximum atomic E-state index is 9.77. The average Bonchev–Trinajstić information content (AvgIpc) is 2.36. The van der Waals surface area contributed by atoms with Crippen LogP contribution in [0.4, 0.5) is 0 Å². The van der Waals surface area contributed by atoms with Crippen molar-refractivity contribution in [1.29, 1.82) is 0 Å². The molecule has 6 N–H and O–H groups in total. The van der Waals surface area contributed by atoms with Crippen molar-refractivity contribution >= 4 is 0 Å². The van der Waals surface area contributed by atoms with Crippen LogP contribution >= 0.6 is 0 Å². The molecule has 0 unspecified atom stereocenters. The van der Waals surface area contributed by atoms with Crippen molar-refractivity contribution in [3.05, 3.63) is 17.7 Å². The lowest BCUT2D eigenvalue weighted by molar-refractivity contribution is 0.310. The minimum Gasteiger partial charge on any atom is -0.504 e. The molecule has 0 bridgehead atoms. The van der Waals surface area contributed by atoms with E-state index < -0.39 is 5.75 Å². The highest BCUT2D eigenvalue weighted by Gasteiger charge is 2.25. The smallest absolute Gasteiger partial charge is 0.200 e. The van der Waals surface area contributed by atoms with E-state index in [1.807, 2.05) is 0 Å². The predicted molar refractivity (Wildman–Crippen MR) is 64.0 cm³/mol. The van der Waals surface area contributed by atoms with Crippen molar-refractivity contribution in [3.8, 4) is 17.2 Å². The van der Waals surface area contributed by atoms with Gasteiger partial charge in [-0.3, -0.25) is 0 Å². The maximum Gasteiger partial charge on any atom is 0.200 e. The van der Waals surface area contributed by atoms with Gasteiger partial charge < -0.3 is 26.4 Å². The lowest BCUT2D eigenvalue weighted by Crippen LogP contribution is -2.33. The average molecular weight is 238 g/mol. The number of phenols is 3. The standard InChI is InChI=1S/C12H18N2O3/c13-10(7-3-5-14-6-4-7)8-1-2-9(15)12(17)11(8)16/h1-2,7,10,14-17H,3-6,13H2/t10-/m1/s1. The summed E-state index contributed by atoms with van der Waals surface area (Å²) in [4.78, 5) is 0. The van der Waals surface area contributed by atoms with Gasteiger partial charge in [0, 0.05) is 11.6 Å². The van der Waals surface area contributed by atoms with Gasteiger partial charge in [-0.2, -0.15) is 0 Å². The molecule has 94 valence electrons. The number of phenolic OH excluding ortho intramolecular Hbond substituents is 3. The van der Waals surface area contributed by atoms with E-state index in [0.29, 0.717) is 5.56 Å². The van der Waals surface area contributed by atoms with Gasteiger partial charge in [-0.1, -0.05) is 0 Å². The van der Waals surface area contributed by atoms with Crippen LogP contribution in [0.1, 0.15) is 24.4 Å². The molecule has 5 heteroatoms. The number of nitrogens with one attached hydrogen (secondary N) is 1. The van der Waals surface area contributed by atoms with E-state index in [4.69, 9.17) is 5.73 Å². The summed E-state index contributed by atoms with van der Waals surface area (Å²) in [5.41, 5.74) is 6.60. The highest BCUT2D eigenvalue weighted by molar-refractivity contribution is 5.54. The molecule has 1 aliphatic rings. The zero-order chi connectivity index (χ0) is 12.4. The van der Waals surface area contributed by atoms with Crippen molar-refractivity contribution in [2.45, 2.75) is 18.9 Å². The Balaban J connectivity index is 2.24. The third-order valence-electron chi connectivity index (χ3n) is 3.41. The fourth-order valence-corrected chi connectivity index (χ4v) is 2.31. The molecule has 17 heavy (non-hydrogen) atoms. The van der Waals surface area contributed by atoms with Gasteiger partial charge in [0.25, 0.3) is 0 Å². The number of aromatic hydroxyl groups is 3.